The van der Waals surface area contributed by atoms with Crippen molar-refractivity contribution in [2.45, 2.75) is 24.3 Å². The van der Waals surface area contributed by atoms with Crippen molar-refractivity contribution in [2.24, 2.45) is 10.9 Å². The minimum atomic E-state index is -3.47. The highest BCUT2D eigenvalue weighted by atomic mass is 32.2. The zero-order chi connectivity index (χ0) is 15.9. The Balaban J connectivity index is 2.70. The van der Waals surface area contributed by atoms with Gasteiger partial charge in [0.05, 0.1) is 16.8 Å². The number of sulfone groups is 1. The number of oxime groups is 1. The normalized spacial score (nSPS) is 14.1. The van der Waals surface area contributed by atoms with Gasteiger partial charge in [0.25, 0.3) is 0 Å². The van der Waals surface area contributed by atoms with Crippen molar-refractivity contribution in [3.8, 4) is 0 Å². The number of nitrogens with two attached hydrogens (primary N) is 1. The number of aliphatic hydroxyl groups excluding tert-OH is 1. The smallest absolute Gasteiger partial charge is 0.179 e. The van der Waals surface area contributed by atoms with Crippen molar-refractivity contribution < 1.29 is 18.7 Å². The molecule has 1 atom stereocenters. The van der Waals surface area contributed by atoms with E-state index >= 15 is 0 Å². The van der Waals surface area contributed by atoms with Gasteiger partial charge in [-0.15, -0.1) is 0 Å². The minimum Gasteiger partial charge on any atom is -0.409 e. The maximum atomic E-state index is 12.2. The highest BCUT2D eigenvalue weighted by Gasteiger charge is 2.15. The number of rotatable bonds is 8. The van der Waals surface area contributed by atoms with Gasteiger partial charge in [0.2, 0.25) is 0 Å². The first-order valence-electron chi connectivity index (χ1n) is 6.60. The molecule has 0 radical (unpaired) electrons. The maximum Gasteiger partial charge on any atom is 0.179 e. The van der Waals surface area contributed by atoms with Crippen LogP contribution in [0.15, 0.2) is 34.3 Å². The summed E-state index contributed by atoms with van der Waals surface area (Å²) in [6.45, 7) is 2.45. The Morgan fingerprint density at radius 3 is 2.81 bits per heavy atom. The summed E-state index contributed by atoms with van der Waals surface area (Å²) < 4.78 is 24.3. The fourth-order valence-electron chi connectivity index (χ4n) is 1.64. The third-order valence-electron chi connectivity index (χ3n) is 3.00. The van der Waals surface area contributed by atoms with Crippen LogP contribution in [0.25, 0.3) is 0 Å². The molecule has 0 bridgehead atoms. The van der Waals surface area contributed by atoms with Gasteiger partial charge in [-0.3, -0.25) is 0 Å². The molecule has 0 aliphatic carbocycles. The summed E-state index contributed by atoms with van der Waals surface area (Å²) in [5.41, 5.74) is 5.78. The second kappa shape index (κ2) is 7.96. The van der Waals surface area contributed by atoms with Crippen LogP contribution in [0.1, 0.15) is 18.9 Å². The fraction of sp³-hybridized carbons (Fsp3) is 0.462. The Bertz CT molecular complexity index is 587. The van der Waals surface area contributed by atoms with Crippen LogP contribution in [0.5, 0.6) is 0 Å². The number of aliphatic hydroxyl groups is 1. The lowest BCUT2D eigenvalue weighted by Crippen LogP contribution is -2.30. The average Bonchev–Trinajstić information content (AvgIpc) is 2.50. The van der Waals surface area contributed by atoms with E-state index in [0.29, 0.717) is 18.5 Å². The molecule has 7 nitrogen and oxygen atoms in total. The van der Waals surface area contributed by atoms with Crippen LogP contribution in [0, 0.1) is 0 Å². The second-order valence-electron chi connectivity index (χ2n) is 4.60. The van der Waals surface area contributed by atoms with Crippen LogP contribution >= 0.6 is 0 Å². The Labute approximate surface area is 124 Å². The molecule has 8 heteroatoms. The summed E-state index contributed by atoms with van der Waals surface area (Å²) in [6, 6.07) is 5.92. The Hall–Kier alpha value is -1.64. The molecule has 118 valence electrons. The molecule has 0 fully saturated rings. The molecule has 0 aliphatic rings. The third kappa shape index (κ3) is 5.33. The summed E-state index contributed by atoms with van der Waals surface area (Å²) in [5.74, 6) is -0.237. The first kappa shape index (κ1) is 17.4. The number of nitrogens with one attached hydrogen (secondary N) is 1. The monoisotopic (exact) mass is 315 g/mol. The maximum absolute atomic E-state index is 12.2. The molecule has 1 unspecified atom stereocenters. The second-order valence-corrected chi connectivity index (χ2v) is 6.71. The quantitative estimate of drug-likeness (QED) is 0.175. The first-order chi connectivity index (χ1) is 9.90. The molecule has 21 heavy (non-hydrogen) atoms. The molecule has 0 amide bonds. The van der Waals surface area contributed by atoms with Crippen LogP contribution in [-0.4, -0.2) is 49.5 Å². The van der Waals surface area contributed by atoms with Gasteiger partial charge < -0.3 is 21.4 Å². The van der Waals surface area contributed by atoms with Crippen LogP contribution in [-0.2, 0) is 9.84 Å². The summed E-state index contributed by atoms with van der Waals surface area (Å²) in [4.78, 5) is 0.115. The van der Waals surface area contributed by atoms with Crippen molar-refractivity contribution in [2.75, 3.05) is 18.8 Å². The summed E-state index contributed by atoms with van der Waals surface area (Å²) in [7, 11) is -3.47. The van der Waals surface area contributed by atoms with Crippen LogP contribution in [0.2, 0.25) is 0 Å². The number of nitrogens with zero attached hydrogens (tertiary/aromatic N) is 1. The highest BCUT2D eigenvalue weighted by molar-refractivity contribution is 7.91. The summed E-state index contributed by atoms with van der Waals surface area (Å²) in [5, 5.41) is 23.7. The van der Waals surface area contributed by atoms with Crippen LogP contribution < -0.4 is 11.1 Å². The van der Waals surface area contributed by atoms with Crippen LogP contribution in [0.3, 0.4) is 0 Å². The third-order valence-corrected chi connectivity index (χ3v) is 4.71. The lowest BCUT2D eigenvalue weighted by Gasteiger charge is -2.10. The van der Waals surface area contributed by atoms with E-state index in [1.807, 2.05) is 6.92 Å². The van der Waals surface area contributed by atoms with E-state index in [0.717, 1.165) is 0 Å². The van der Waals surface area contributed by atoms with E-state index < -0.39 is 15.9 Å². The predicted octanol–water partition coefficient (Wildman–Crippen LogP) is -0.0847. The van der Waals surface area contributed by atoms with Gasteiger partial charge in [-0.2, -0.15) is 0 Å². The van der Waals surface area contributed by atoms with E-state index in [1.54, 1.807) is 6.07 Å². The average molecular weight is 315 g/mol. The molecule has 0 aromatic heterocycles. The number of benzene rings is 1. The van der Waals surface area contributed by atoms with Gasteiger partial charge in [0, 0.05) is 18.7 Å². The van der Waals surface area contributed by atoms with Gasteiger partial charge in [-0.1, -0.05) is 24.2 Å². The highest BCUT2D eigenvalue weighted by Crippen LogP contribution is 2.13. The zero-order valence-electron chi connectivity index (χ0n) is 11.9. The standard InChI is InChI=1S/C13H21N3O4S/c1-2-11(17)9-15-6-7-21(19,20)12-5-3-4-10(8-12)13(14)16-18/h3-5,8,11,15,17-18H,2,6-7,9H2,1H3,(H2,14,16). The zero-order valence-corrected chi connectivity index (χ0v) is 12.7. The molecule has 1 rings (SSSR count). The van der Waals surface area contributed by atoms with E-state index in [-0.39, 0.29) is 23.0 Å². The first-order valence-corrected chi connectivity index (χ1v) is 8.25. The van der Waals surface area contributed by atoms with Crippen molar-refractivity contribution in [3.63, 3.8) is 0 Å². The van der Waals surface area contributed by atoms with Crippen molar-refractivity contribution >= 4 is 15.7 Å². The van der Waals surface area contributed by atoms with Gasteiger partial charge in [0.1, 0.15) is 0 Å². The van der Waals surface area contributed by atoms with E-state index in [2.05, 4.69) is 10.5 Å². The summed E-state index contributed by atoms with van der Waals surface area (Å²) in [6.07, 6.45) is 0.137. The van der Waals surface area contributed by atoms with Gasteiger partial charge >= 0.3 is 0 Å². The molecule has 0 saturated carbocycles. The molecule has 5 N–H and O–H groups in total. The summed E-state index contributed by atoms with van der Waals surface area (Å²) >= 11 is 0. The molecule has 1 aromatic carbocycles. The van der Waals surface area contributed by atoms with Crippen molar-refractivity contribution in [3.05, 3.63) is 29.8 Å². The van der Waals surface area contributed by atoms with Crippen molar-refractivity contribution in [1.82, 2.24) is 5.32 Å². The van der Waals surface area contributed by atoms with Gasteiger partial charge in [-0.05, 0) is 18.6 Å². The van der Waals surface area contributed by atoms with Crippen LogP contribution in [0.4, 0.5) is 0 Å². The Morgan fingerprint density at radius 2 is 2.19 bits per heavy atom. The molecule has 0 saturated heterocycles. The number of hydrogen-bond acceptors (Lipinski definition) is 6. The van der Waals surface area contributed by atoms with E-state index in [4.69, 9.17) is 10.9 Å². The molecule has 0 heterocycles. The van der Waals surface area contributed by atoms with Gasteiger partial charge in [-0.25, -0.2) is 8.42 Å². The molecular formula is C13H21N3O4S. The molecule has 0 spiro atoms. The van der Waals surface area contributed by atoms with Gasteiger partial charge in [0.15, 0.2) is 15.7 Å². The largest absolute Gasteiger partial charge is 0.409 e. The lowest BCUT2D eigenvalue weighted by molar-refractivity contribution is 0.168. The minimum absolute atomic E-state index is 0.0942. The molecule has 0 aliphatic heterocycles. The Morgan fingerprint density at radius 1 is 1.48 bits per heavy atom. The fourth-order valence-corrected chi connectivity index (χ4v) is 2.89. The predicted molar refractivity (Wildman–Crippen MR) is 80.2 cm³/mol. The van der Waals surface area contributed by atoms with E-state index in [1.165, 1.54) is 18.2 Å². The topological polar surface area (TPSA) is 125 Å². The van der Waals surface area contributed by atoms with Crippen molar-refractivity contribution in [1.29, 1.82) is 0 Å². The Kier molecular flexibility index (Phi) is 6.60. The van der Waals surface area contributed by atoms with E-state index in [9.17, 15) is 13.5 Å². The number of amidine groups is 1. The SMILES string of the molecule is CCC(O)CNCCS(=O)(=O)c1cccc(/C(N)=N/O)c1. The molecule has 1 aromatic rings. The number of hydrogen-bond donors (Lipinski definition) is 4. The molecular weight excluding hydrogens is 294 g/mol. The lowest BCUT2D eigenvalue weighted by atomic mass is 10.2.